The van der Waals surface area contributed by atoms with E-state index in [-0.39, 0.29) is 29.5 Å². The molecule has 0 heterocycles. The van der Waals surface area contributed by atoms with Gasteiger partial charge in [0.15, 0.2) is 0 Å². The predicted octanol–water partition coefficient (Wildman–Crippen LogP) is 5.71. The summed E-state index contributed by atoms with van der Waals surface area (Å²) in [6.45, 7) is 3.75. The van der Waals surface area contributed by atoms with Crippen LogP contribution in [0.15, 0.2) is 114 Å². The largest absolute Gasteiger partial charge is 0.492 e. The van der Waals surface area contributed by atoms with Gasteiger partial charge in [-0.1, -0.05) is 84.4 Å². The maximum Gasteiger partial charge on any atom is 0.264 e. The van der Waals surface area contributed by atoms with Crippen LogP contribution in [0.25, 0.3) is 0 Å². The molecule has 4 rings (SSSR count). The smallest absolute Gasteiger partial charge is 0.264 e. The Hall–Kier alpha value is -4.34. The number of nitrogens with zero attached hydrogens (tertiary/aromatic N) is 2. The number of rotatable bonds is 14. The molecular formula is C34H36ClN3O5S. The fourth-order valence-corrected chi connectivity index (χ4v) is 6.38. The van der Waals surface area contributed by atoms with Gasteiger partial charge in [0.1, 0.15) is 18.3 Å². The zero-order chi connectivity index (χ0) is 31.5. The van der Waals surface area contributed by atoms with Crippen molar-refractivity contribution in [1.29, 1.82) is 0 Å². The monoisotopic (exact) mass is 633 g/mol. The van der Waals surface area contributed by atoms with E-state index in [0.717, 1.165) is 15.4 Å². The lowest BCUT2D eigenvalue weighted by molar-refractivity contribution is -0.140. The van der Waals surface area contributed by atoms with Crippen LogP contribution in [0.3, 0.4) is 0 Å². The zero-order valence-corrected chi connectivity index (χ0v) is 26.3. The highest BCUT2D eigenvalue weighted by Gasteiger charge is 2.35. The number of amides is 2. The van der Waals surface area contributed by atoms with Gasteiger partial charge >= 0.3 is 0 Å². The van der Waals surface area contributed by atoms with Crippen molar-refractivity contribution in [1.82, 2.24) is 10.2 Å². The van der Waals surface area contributed by atoms with E-state index in [0.29, 0.717) is 23.9 Å². The summed E-state index contributed by atoms with van der Waals surface area (Å²) in [5.74, 6) is -0.583. The summed E-state index contributed by atoms with van der Waals surface area (Å²) in [7, 11) is -4.23. The molecule has 1 atom stereocenters. The summed E-state index contributed by atoms with van der Waals surface area (Å²) >= 11 is 6.13. The molecule has 0 aliphatic carbocycles. The van der Waals surface area contributed by atoms with Gasteiger partial charge in [0.25, 0.3) is 10.0 Å². The Morgan fingerprint density at radius 2 is 1.43 bits per heavy atom. The Kier molecular flexibility index (Phi) is 11.4. The molecule has 1 N–H and O–H groups in total. The van der Waals surface area contributed by atoms with Crippen LogP contribution in [0, 0.1) is 0 Å². The maximum atomic E-state index is 14.5. The summed E-state index contributed by atoms with van der Waals surface area (Å²) in [4.78, 5) is 29.5. The molecule has 0 bridgehead atoms. The third-order valence-corrected chi connectivity index (χ3v) is 8.96. The molecule has 10 heteroatoms. The number of likely N-dealkylation sites (N-methyl/N-ethyl adjacent to an activating group) is 1. The first-order chi connectivity index (χ1) is 21.2. The molecule has 0 fully saturated rings. The fourth-order valence-electron chi connectivity index (χ4n) is 4.81. The lowest BCUT2D eigenvalue weighted by Crippen LogP contribution is -2.53. The number of ether oxygens (including phenoxy) is 1. The molecule has 0 aromatic heterocycles. The predicted molar refractivity (Wildman–Crippen MR) is 173 cm³/mol. The second kappa shape index (κ2) is 15.4. The van der Waals surface area contributed by atoms with E-state index in [1.165, 1.54) is 17.0 Å². The van der Waals surface area contributed by atoms with E-state index in [4.69, 9.17) is 16.3 Å². The highest BCUT2D eigenvalue weighted by Crippen LogP contribution is 2.33. The first-order valence-electron chi connectivity index (χ1n) is 14.4. The Morgan fingerprint density at radius 3 is 2.07 bits per heavy atom. The van der Waals surface area contributed by atoms with Crippen LogP contribution in [-0.2, 0) is 32.6 Å². The molecule has 4 aromatic rings. The normalized spacial score (nSPS) is 11.8. The van der Waals surface area contributed by atoms with Crippen molar-refractivity contribution in [3.05, 3.63) is 125 Å². The number of sulfonamides is 1. The van der Waals surface area contributed by atoms with E-state index in [1.54, 1.807) is 73.7 Å². The third kappa shape index (κ3) is 8.18. The van der Waals surface area contributed by atoms with Gasteiger partial charge in [-0.15, -0.1) is 0 Å². The Bertz CT molecular complexity index is 1630. The van der Waals surface area contributed by atoms with E-state index >= 15 is 0 Å². The first kappa shape index (κ1) is 32.6. The minimum atomic E-state index is -4.23. The average molecular weight is 634 g/mol. The second-order valence-electron chi connectivity index (χ2n) is 9.97. The number of para-hydroxylation sites is 2. The molecule has 0 aliphatic heterocycles. The van der Waals surface area contributed by atoms with Crippen LogP contribution in [0.4, 0.5) is 5.69 Å². The summed E-state index contributed by atoms with van der Waals surface area (Å²) in [6, 6.07) is 30.1. The topological polar surface area (TPSA) is 96.0 Å². The van der Waals surface area contributed by atoms with Crippen molar-refractivity contribution in [2.45, 2.75) is 37.8 Å². The molecule has 1 unspecified atom stereocenters. The van der Waals surface area contributed by atoms with Gasteiger partial charge in [-0.05, 0) is 61.4 Å². The molecule has 0 radical (unpaired) electrons. The van der Waals surface area contributed by atoms with Crippen LogP contribution in [-0.4, -0.2) is 50.9 Å². The van der Waals surface area contributed by atoms with Crippen LogP contribution in [0.2, 0.25) is 5.02 Å². The molecule has 0 spiro atoms. The SMILES string of the molecule is CCNC(=O)C(Cc1ccccc1)N(Cc1ccc(Cl)cc1)C(=O)CN(c1ccccc1OCC)S(=O)(=O)c1ccccc1. The number of hydrogen-bond acceptors (Lipinski definition) is 5. The Morgan fingerprint density at radius 1 is 0.818 bits per heavy atom. The Balaban J connectivity index is 1.82. The van der Waals surface area contributed by atoms with Crippen molar-refractivity contribution in [3.63, 3.8) is 0 Å². The van der Waals surface area contributed by atoms with Gasteiger partial charge in [-0.25, -0.2) is 8.42 Å². The number of nitrogens with one attached hydrogen (secondary N) is 1. The molecule has 230 valence electrons. The summed E-state index contributed by atoms with van der Waals surface area (Å²) in [5, 5.41) is 3.39. The Labute approximate surface area is 264 Å². The van der Waals surface area contributed by atoms with Crippen molar-refractivity contribution < 1.29 is 22.7 Å². The number of anilines is 1. The fraction of sp³-hybridized carbons (Fsp3) is 0.235. The minimum absolute atomic E-state index is 0.0212. The molecular weight excluding hydrogens is 598 g/mol. The standard InChI is InChI=1S/C34H36ClN3O5S/c1-3-36-34(40)31(23-26-13-7-5-8-14-26)37(24-27-19-21-28(35)22-20-27)33(39)25-38(30-17-11-12-18-32(30)43-4-2)44(41,42)29-15-9-6-10-16-29/h5-22,31H,3-4,23-25H2,1-2H3,(H,36,40). The van der Waals surface area contributed by atoms with Crippen molar-refractivity contribution in [2.24, 2.45) is 0 Å². The van der Waals surface area contributed by atoms with Gasteiger partial charge in [0.05, 0.1) is 17.2 Å². The van der Waals surface area contributed by atoms with Gasteiger partial charge in [0, 0.05) is 24.5 Å². The molecule has 2 amide bonds. The zero-order valence-electron chi connectivity index (χ0n) is 24.7. The number of carbonyl (C=O) groups excluding carboxylic acids is 2. The molecule has 8 nitrogen and oxygen atoms in total. The highest BCUT2D eigenvalue weighted by molar-refractivity contribution is 7.92. The number of carbonyl (C=O) groups is 2. The van der Waals surface area contributed by atoms with Gasteiger partial charge < -0.3 is 15.0 Å². The quantitative estimate of drug-likeness (QED) is 0.192. The number of benzene rings is 4. The van der Waals surface area contributed by atoms with Crippen molar-refractivity contribution >= 4 is 39.1 Å². The third-order valence-electron chi connectivity index (χ3n) is 6.93. The second-order valence-corrected chi connectivity index (χ2v) is 12.3. The van der Waals surface area contributed by atoms with E-state index < -0.39 is 28.5 Å². The first-order valence-corrected chi connectivity index (χ1v) is 16.2. The van der Waals surface area contributed by atoms with Gasteiger partial charge in [-0.2, -0.15) is 0 Å². The summed E-state index contributed by atoms with van der Waals surface area (Å²) < 4.78 is 35.1. The average Bonchev–Trinajstić information content (AvgIpc) is 3.04. The number of hydrogen-bond donors (Lipinski definition) is 1. The summed E-state index contributed by atoms with van der Waals surface area (Å²) in [5.41, 5.74) is 1.81. The van der Waals surface area contributed by atoms with E-state index in [1.807, 2.05) is 37.3 Å². The number of halogens is 1. The minimum Gasteiger partial charge on any atom is -0.492 e. The molecule has 44 heavy (non-hydrogen) atoms. The van der Waals surface area contributed by atoms with Crippen LogP contribution >= 0.6 is 11.6 Å². The highest BCUT2D eigenvalue weighted by atomic mass is 35.5. The van der Waals surface area contributed by atoms with Gasteiger partial charge in [-0.3, -0.25) is 13.9 Å². The molecule has 0 saturated heterocycles. The van der Waals surface area contributed by atoms with Crippen LogP contribution in [0.1, 0.15) is 25.0 Å². The van der Waals surface area contributed by atoms with Crippen molar-refractivity contribution in [2.75, 3.05) is 24.0 Å². The van der Waals surface area contributed by atoms with Crippen molar-refractivity contribution in [3.8, 4) is 5.75 Å². The maximum absolute atomic E-state index is 14.5. The molecule has 0 saturated carbocycles. The summed E-state index contributed by atoms with van der Waals surface area (Å²) in [6.07, 6.45) is 0.229. The van der Waals surface area contributed by atoms with Crippen LogP contribution < -0.4 is 14.4 Å². The van der Waals surface area contributed by atoms with E-state index in [2.05, 4.69) is 5.32 Å². The lowest BCUT2D eigenvalue weighted by Gasteiger charge is -2.34. The van der Waals surface area contributed by atoms with Crippen LogP contribution in [0.5, 0.6) is 5.75 Å². The van der Waals surface area contributed by atoms with E-state index in [9.17, 15) is 18.0 Å². The lowest BCUT2D eigenvalue weighted by atomic mass is 10.0. The molecule has 4 aromatic carbocycles. The van der Waals surface area contributed by atoms with Gasteiger partial charge in [0.2, 0.25) is 11.8 Å². The molecule has 0 aliphatic rings.